The van der Waals surface area contributed by atoms with Gasteiger partial charge in [-0.15, -0.1) is 0 Å². The van der Waals surface area contributed by atoms with Gasteiger partial charge >= 0.3 is 12.2 Å². The Balaban J connectivity index is 1.97. The van der Waals surface area contributed by atoms with Crippen molar-refractivity contribution in [1.29, 1.82) is 0 Å². The smallest absolute Gasteiger partial charge is 0.324 e. The number of amides is 2. The van der Waals surface area contributed by atoms with E-state index < -0.39 is 11.7 Å². The number of nitrogens with zero attached hydrogens (tertiary/aromatic N) is 1. The fourth-order valence-electron chi connectivity index (χ4n) is 2.32. The lowest BCUT2D eigenvalue weighted by Crippen LogP contribution is -2.41. The van der Waals surface area contributed by atoms with Gasteiger partial charge in [-0.05, 0) is 43.0 Å². The highest BCUT2D eigenvalue weighted by Gasteiger charge is 2.30. The Morgan fingerprint density at radius 2 is 1.95 bits per heavy atom. The van der Waals surface area contributed by atoms with Gasteiger partial charge in [0.25, 0.3) is 0 Å². The molecule has 1 aliphatic heterocycles. The van der Waals surface area contributed by atoms with Crippen molar-refractivity contribution in [3.8, 4) is 0 Å². The molecule has 0 radical (unpaired) electrons. The minimum atomic E-state index is -4.36. The van der Waals surface area contributed by atoms with Crippen molar-refractivity contribution in [3.63, 3.8) is 0 Å². The number of hydrogen-bond donors (Lipinski definition) is 1. The van der Waals surface area contributed by atoms with Gasteiger partial charge in [-0.25, -0.2) is 4.79 Å². The van der Waals surface area contributed by atoms with Crippen molar-refractivity contribution in [2.75, 3.05) is 18.4 Å². The number of rotatable bonds is 1. The van der Waals surface area contributed by atoms with Gasteiger partial charge in [0.15, 0.2) is 0 Å². The maximum atomic E-state index is 12.4. The third kappa shape index (κ3) is 3.65. The Kier molecular flexibility index (Phi) is 4.20. The monoisotopic (exact) mass is 286 g/mol. The van der Waals surface area contributed by atoms with E-state index in [0.29, 0.717) is 24.7 Å². The zero-order valence-corrected chi connectivity index (χ0v) is 11.2. The van der Waals surface area contributed by atoms with Crippen LogP contribution >= 0.6 is 0 Å². The fraction of sp³-hybridized carbons (Fsp3) is 0.500. The lowest BCUT2D eigenvalue weighted by atomic mass is 10.0. The van der Waals surface area contributed by atoms with Crippen LogP contribution in [-0.4, -0.2) is 24.0 Å². The Bertz CT molecular complexity index is 470. The van der Waals surface area contributed by atoms with E-state index in [1.165, 1.54) is 12.1 Å². The molecular weight excluding hydrogens is 269 g/mol. The number of carbonyl (C=O) groups excluding carboxylic acids is 1. The lowest BCUT2D eigenvalue weighted by molar-refractivity contribution is -0.137. The highest BCUT2D eigenvalue weighted by molar-refractivity contribution is 5.89. The summed E-state index contributed by atoms with van der Waals surface area (Å²) in [4.78, 5) is 13.7. The predicted octanol–water partition coefficient (Wildman–Crippen LogP) is 3.97. The molecule has 6 heteroatoms. The maximum absolute atomic E-state index is 12.4. The molecule has 0 aliphatic carbocycles. The topological polar surface area (TPSA) is 32.3 Å². The van der Waals surface area contributed by atoms with Crippen LogP contribution in [0.1, 0.15) is 25.3 Å². The number of piperidine rings is 1. The summed E-state index contributed by atoms with van der Waals surface area (Å²) < 4.78 is 37.3. The van der Waals surface area contributed by atoms with Gasteiger partial charge in [0.1, 0.15) is 0 Å². The number of urea groups is 1. The molecule has 1 fully saturated rings. The zero-order chi connectivity index (χ0) is 14.8. The SMILES string of the molecule is CC1CCCN(C(=O)Nc2ccc(C(F)(F)F)cc2)C1. The first-order chi connectivity index (χ1) is 9.36. The molecule has 2 amide bonds. The van der Waals surface area contributed by atoms with Crippen molar-refractivity contribution in [2.45, 2.75) is 25.9 Å². The van der Waals surface area contributed by atoms with E-state index in [2.05, 4.69) is 12.2 Å². The van der Waals surface area contributed by atoms with Gasteiger partial charge < -0.3 is 10.2 Å². The molecule has 2 rings (SSSR count). The third-order valence-corrected chi connectivity index (χ3v) is 3.41. The summed E-state index contributed by atoms with van der Waals surface area (Å²) in [7, 11) is 0. The normalized spacial score (nSPS) is 19.8. The first-order valence-electron chi connectivity index (χ1n) is 6.59. The minimum absolute atomic E-state index is 0.253. The standard InChI is InChI=1S/C14H17F3N2O/c1-10-3-2-8-19(9-10)13(20)18-12-6-4-11(5-7-12)14(15,16)17/h4-7,10H,2-3,8-9H2,1H3,(H,18,20). The summed E-state index contributed by atoms with van der Waals surface area (Å²) in [5.74, 6) is 0.460. The molecule has 1 aromatic rings. The Hall–Kier alpha value is -1.72. The molecule has 3 nitrogen and oxygen atoms in total. The van der Waals surface area contributed by atoms with E-state index in [-0.39, 0.29) is 6.03 Å². The summed E-state index contributed by atoms with van der Waals surface area (Å²) >= 11 is 0. The second kappa shape index (κ2) is 5.73. The van der Waals surface area contributed by atoms with Crippen LogP contribution in [0.2, 0.25) is 0 Å². The van der Waals surface area contributed by atoms with Crippen LogP contribution < -0.4 is 5.32 Å². The summed E-state index contributed by atoms with van der Waals surface area (Å²) in [6, 6.07) is 4.22. The largest absolute Gasteiger partial charge is 0.416 e. The average Bonchev–Trinajstić information content (AvgIpc) is 2.38. The molecular formula is C14H17F3N2O. The first kappa shape index (κ1) is 14.7. The van der Waals surface area contributed by atoms with E-state index in [4.69, 9.17) is 0 Å². The van der Waals surface area contributed by atoms with Crippen LogP contribution in [0.15, 0.2) is 24.3 Å². The van der Waals surface area contributed by atoms with Crippen molar-refractivity contribution in [2.24, 2.45) is 5.92 Å². The van der Waals surface area contributed by atoms with Crippen molar-refractivity contribution in [3.05, 3.63) is 29.8 Å². The van der Waals surface area contributed by atoms with Crippen molar-refractivity contribution >= 4 is 11.7 Å². The third-order valence-electron chi connectivity index (χ3n) is 3.41. The van der Waals surface area contributed by atoms with E-state index in [0.717, 1.165) is 25.0 Å². The van der Waals surface area contributed by atoms with Gasteiger partial charge in [-0.1, -0.05) is 6.92 Å². The Morgan fingerprint density at radius 1 is 1.30 bits per heavy atom. The van der Waals surface area contributed by atoms with Crippen LogP contribution in [0.5, 0.6) is 0 Å². The Morgan fingerprint density at radius 3 is 2.50 bits per heavy atom. The first-order valence-corrected chi connectivity index (χ1v) is 6.59. The minimum Gasteiger partial charge on any atom is -0.324 e. The van der Waals surface area contributed by atoms with E-state index in [9.17, 15) is 18.0 Å². The van der Waals surface area contributed by atoms with Gasteiger partial charge in [-0.3, -0.25) is 0 Å². The summed E-state index contributed by atoms with van der Waals surface area (Å²) in [5.41, 5.74) is -0.344. The van der Waals surface area contributed by atoms with Crippen LogP contribution in [-0.2, 0) is 6.18 Å². The molecule has 1 unspecified atom stereocenters. The van der Waals surface area contributed by atoms with E-state index in [1.807, 2.05) is 0 Å². The number of alkyl halides is 3. The molecule has 0 saturated carbocycles. The highest BCUT2D eigenvalue weighted by Crippen LogP contribution is 2.29. The Labute approximate surface area is 115 Å². The van der Waals surface area contributed by atoms with Crippen molar-refractivity contribution < 1.29 is 18.0 Å². The van der Waals surface area contributed by atoms with E-state index >= 15 is 0 Å². The number of hydrogen-bond acceptors (Lipinski definition) is 1. The van der Waals surface area contributed by atoms with Crippen LogP contribution in [0, 0.1) is 5.92 Å². The zero-order valence-electron chi connectivity index (χ0n) is 11.2. The molecule has 20 heavy (non-hydrogen) atoms. The van der Waals surface area contributed by atoms with Crippen LogP contribution in [0.3, 0.4) is 0 Å². The van der Waals surface area contributed by atoms with E-state index in [1.54, 1.807) is 4.90 Å². The van der Waals surface area contributed by atoms with Crippen molar-refractivity contribution in [1.82, 2.24) is 4.90 Å². The lowest BCUT2D eigenvalue weighted by Gasteiger charge is -2.30. The maximum Gasteiger partial charge on any atom is 0.416 e. The molecule has 110 valence electrons. The molecule has 0 spiro atoms. The summed E-state index contributed by atoms with van der Waals surface area (Å²) in [6.07, 6.45) is -2.30. The average molecular weight is 286 g/mol. The van der Waals surface area contributed by atoms with Gasteiger partial charge in [0, 0.05) is 18.8 Å². The van der Waals surface area contributed by atoms with Gasteiger partial charge in [0.05, 0.1) is 5.56 Å². The quantitative estimate of drug-likeness (QED) is 0.832. The summed E-state index contributed by atoms with van der Waals surface area (Å²) in [6.45, 7) is 3.46. The predicted molar refractivity (Wildman–Crippen MR) is 70.4 cm³/mol. The second-order valence-corrected chi connectivity index (χ2v) is 5.20. The van der Waals surface area contributed by atoms with Gasteiger partial charge in [-0.2, -0.15) is 13.2 Å². The summed E-state index contributed by atoms with van der Waals surface area (Å²) in [5, 5.41) is 2.63. The number of anilines is 1. The molecule has 1 aromatic carbocycles. The molecule has 1 saturated heterocycles. The molecule has 1 heterocycles. The van der Waals surface area contributed by atoms with Crippen LogP contribution in [0.4, 0.5) is 23.7 Å². The number of carbonyl (C=O) groups is 1. The molecule has 1 N–H and O–H groups in total. The number of halogens is 3. The highest BCUT2D eigenvalue weighted by atomic mass is 19.4. The number of nitrogens with one attached hydrogen (secondary N) is 1. The van der Waals surface area contributed by atoms with Crippen LogP contribution in [0.25, 0.3) is 0 Å². The molecule has 1 atom stereocenters. The molecule has 1 aliphatic rings. The fourth-order valence-corrected chi connectivity index (χ4v) is 2.32. The second-order valence-electron chi connectivity index (χ2n) is 5.20. The number of benzene rings is 1. The molecule has 0 aromatic heterocycles. The number of likely N-dealkylation sites (tertiary alicyclic amines) is 1. The van der Waals surface area contributed by atoms with Gasteiger partial charge in [0.2, 0.25) is 0 Å². The molecule has 0 bridgehead atoms.